The van der Waals surface area contributed by atoms with E-state index in [4.69, 9.17) is 4.74 Å². The number of methoxy groups -OCH3 is 1. The Hall–Kier alpha value is -3.16. The molecule has 178 valence electrons. The van der Waals surface area contributed by atoms with Crippen LogP contribution < -0.4 is 9.64 Å². The minimum Gasteiger partial charge on any atom is -0.497 e. The SMILES string of the molecule is COc1ccc(S(=O)(=O)N(C)C[C@](C)(c2ccccc2)[C@]2(C)C(=O)N(C)c3ccccc32)cc1. The van der Waals surface area contributed by atoms with Crippen molar-refractivity contribution >= 4 is 21.6 Å². The third kappa shape index (κ3) is 3.51. The zero-order chi connectivity index (χ0) is 24.7. The highest BCUT2D eigenvalue weighted by Crippen LogP contribution is 2.53. The summed E-state index contributed by atoms with van der Waals surface area (Å²) in [6.07, 6.45) is 0. The second kappa shape index (κ2) is 8.56. The minimum atomic E-state index is -3.82. The van der Waals surface area contributed by atoms with Crippen LogP contribution in [0.1, 0.15) is 25.0 Å². The topological polar surface area (TPSA) is 66.9 Å². The summed E-state index contributed by atoms with van der Waals surface area (Å²) < 4.78 is 33.6. The van der Waals surface area contributed by atoms with Crippen LogP contribution in [-0.2, 0) is 25.6 Å². The largest absolute Gasteiger partial charge is 0.497 e. The summed E-state index contributed by atoms with van der Waals surface area (Å²) in [5.41, 5.74) is 0.791. The number of hydrogen-bond acceptors (Lipinski definition) is 4. The number of nitrogens with zero attached hydrogens (tertiary/aromatic N) is 2. The molecule has 3 aromatic carbocycles. The second-order valence-corrected chi connectivity index (χ2v) is 11.2. The first-order valence-electron chi connectivity index (χ1n) is 11.1. The van der Waals surface area contributed by atoms with Crippen LogP contribution in [0.5, 0.6) is 5.75 Å². The number of amides is 1. The van der Waals surface area contributed by atoms with Crippen LogP contribution in [0.25, 0.3) is 0 Å². The lowest BCUT2D eigenvalue weighted by atomic mass is 9.59. The van der Waals surface area contributed by atoms with Crippen LogP contribution in [0.15, 0.2) is 83.8 Å². The fraction of sp³-hybridized carbons (Fsp3) is 0.296. The summed E-state index contributed by atoms with van der Waals surface area (Å²) in [6.45, 7) is 4.02. The van der Waals surface area contributed by atoms with Crippen LogP contribution in [0.2, 0.25) is 0 Å². The molecule has 1 aliphatic rings. The summed E-state index contributed by atoms with van der Waals surface area (Å²) in [7, 11) is 1.06. The Labute approximate surface area is 201 Å². The Morgan fingerprint density at radius 3 is 2.18 bits per heavy atom. The molecule has 6 nitrogen and oxygen atoms in total. The van der Waals surface area contributed by atoms with Gasteiger partial charge < -0.3 is 9.64 Å². The fourth-order valence-corrected chi connectivity index (χ4v) is 6.35. The Bertz CT molecular complexity index is 1310. The highest BCUT2D eigenvalue weighted by atomic mass is 32.2. The number of likely N-dealkylation sites (N-methyl/N-ethyl adjacent to an activating group) is 2. The Morgan fingerprint density at radius 2 is 1.56 bits per heavy atom. The first-order chi connectivity index (χ1) is 16.1. The van der Waals surface area contributed by atoms with Crippen molar-refractivity contribution in [2.24, 2.45) is 0 Å². The molecule has 0 aromatic heterocycles. The van der Waals surface area contributed by atoms with Gasteiger partial charge in [0.15, 0.2) is 0 Å². The number of benzene rings is 3. The molecule has 1 heterocycles. The first-order valence-corrected chi connectivity index (χ1v) is 12.5. The number of anilines is 1. The highest BCUT2D eigenvalue weighted by Gasteiger charge is 2.58. The van der Waals surface area contributed by atoms with Crippen molar-refractivity contribution in [2.45, 2.75) is 29.6 Å². The maximum Gasteiger partial charge on any atom is 0.242 e. The van der Waals surface area contributed by atoms with Crippen LogP contribution >= 0.6 is 0 Å². The van der Waals surface area contributed by atoms with Crippen molar-refractivity contribution < 1.29 is 17.9 Å². The molecule has 0 radical (unpaired) electrons. The molecule has 0 fully saturated rings. The van der Waals surface area contributed by atoms with E-state index in [1.807, 2.05) is 68.4 Å². The predicted molar refractivity (Wildman–Crippen MR) is 134 cm³/mol. The molecule has 3 aromatic rings. The van der Waals surface area contributed by atoms with Crippen molar-refractivity contribution in [2.75, 3.05) is 32.6 Å². The molecule has 2 atom stereocenters. The molecule has 4 rings (SSSR count). The third-order valence-electron chi connectivity index (χ3n) is 7.36. The summed E-state index contributed by atoms with van der Waals surface area (Å²) in [6, 6.07) is 23.8. The highest BCUT2D eigenvalue weighted by molar-refractivity contribution is 7.89. The number of ether oxygens (including phenoxy) is 1. The summed E-state index contributed by atoms with van der Waals surface area (Å²) in [5, 5.41) is 0. The number of carbonyl (C=O) groups is 1. The van der Waals surface area contributed by atoms with E-state index in [0.717, 1.165) is 16.8 Å². The van der Waals surface area contributed by atoms with Gasteiger partial charge in [-0.3, -0.25) is 4.79 Å². The average Bonchev–Trinajstić information content (AvgIpc) is 3.06. The van der Waals surface area contributed by atoms with E-state index in [9.17, 15) is 13.2 Å². The van der Waals surface area contributed by atoms with Crippen molar-refractivity contribution in [1.29, 1.82) is 0 Å². The van der Waals surface area contributed by atoms with E-state index < -0.39 is 20.9 Å². The summed E-state index contributed by atoms with van der Waals surface area (Å²) in [4.78, 5) is 15.7. The van der Waals surface area contributed by atoms with E-state index in [1.165, 1.54) is 23.5 Å². The van der Waals surface area contributed by atoms with Crippen LogP contribution in [-0.4, -0.2) is 46.4 Å². The van der Waals surface area contributed by atoms with Crippen molar-refractivity contribution in [3.8, 4) is 5.75 Å². The monoisotopic (exact) mass is 478 g/mol. The number of rotatable bonds is 7. The van der Waals surface area contributed by atoms with Gasteiger partial charge >= 0.3 is 0 Å². The Balaban J connectivity index is 1.84. The van der Waals surface area contributed by atoms with Crippen LogP contribution in [0.3, 0.4) is 0 Å². The molecule has 0 bridgehead atoms. The van der Waals surface area contributed by atoms with Gasteiger partial charge in [0.05, 0.1) is 17.4 Å². The van der Waals surface area contributed by atoms with Crippen LogP contribution in [0, 0.1) is 0 Å². The predicted octanol–water partition coefficient (Wildman–Crippen LogP) is 4.21. The van der Waals surface area contributed by atoms with Gasteiger partial charge in [0.1, 0.15) is 5.75 Å². The van der Waals surface area contributed by atoms with Gasteiger partial charge in [0.2, 0.25) is 15.9 Å². The van der Waals surface area contributed by atoms with E-state index in [1.54, 1.807) is 31.1 Å². The molecular formula is C27H30N2O4S. The van der Waals surface area contributed by atoms with E-state index >= 15 is 0 Å². The lowest BCUT2D eigenvalue weighted by molar-refractivity contribution is -0.124. The molecule has 1 amide bonds. The van der Waals surface area contributed by atoms with Gasteiger partial charge in [-0.2, -0.15) is 4.31 Å². The van der Waals surface area contributed by atoms with Gasteiger partial charge in [-0.15, -0.1) is 0 Å². The molecule has 0 aliphatic carbocycles. The normalized spacial score (nSPS) is 19.7. The molecule has 0 saturated heterocycles. The Morgan fingerprint density at radius 1 is 0.971 bits per heavy atom. The van der Waals surface area contributed by atoms with Gasteiger partial charge in [0.25, 0.3) is 0 Å². The zero-order valence-corrected chi connectivity index (χ0v) is 21.0. The average molecular weight is 479 g/mol. The lowest BCUT2D eigenvalue weighted by Gasteiger charge is -2.45. The summed E-state index contributed by atoms with van der Waals surface area (Å²) in [5.74, 6) is 0.523. The number of carbonyl (C=O) groups excluding carboxylic acids is 1. The van der Waals surface area contributed by atoms with Crippen molar-refractivity contribution in [1.82, 2.24) is 4.31 Å². The quantitative estimate of drug-likeness (QED) is 0.510. The number of hydrogen-bond donors (Lipinski definition) is 0. The molecular weight excluding hydrogens is 448 g/mol. The second-order valence-electron chi connectivity index (χ2n) is 9.14. The maximum atomic E-state index is 13.8. The smallest absolute Gasteiger partial charge is 0.242 e. The third-order valence-corrected chi connectivity index (χ3v) is 9.18. The molecule has 7 heteroatoms. The molecule has 34 heavy (non-hydrogen) atoms. The number of fused-ring (bicyclic) bond motifs is 1. The Kier molecular flexibility index (Phi) is 6.04. The maximum absolute atomic E-state index is 13.8. The van der Waals surface area contributed by atoms with E-state index in [-0.39, 0.29) is 17.3 Å². The van der Waals surface area contributed by atoms with Gasteiger partial charge in [-0.05, 0) is 48.4 Å². The fourth-order valence-electron chi connectivity index (χ4n) is 5.08. The van der Waals surface area contributed by atoms with Gasteiger partial charge in [-0.25, -0.2) is 8.42 Å². The molecule has 0 spiro atoms. The first kappa shape index (κ1) is 24.0. The number of para-hydroxylation sites is 1. The molecule has 0 saturated carbocycles. The molecule has 0 N–H and O–H groups in total. The van der Waals surface area contributed by atoms with E-state index in [0.29, 0.717) is 5.75 Å². The molecule has 0 unspecified atom stereocenters. The standard InChI is InChI=1S/C27H30N2O4S/c1-26(20-11-7-6-8-12-20,27(2)23-13-9-10-14-24(23)29(4)25(27)30)19-28(3)34(31,32)22-17-15-21(33-5)16-18-22/h6-18H,19H2,1-5H3/t26-,27+/m1/s1. The van der Waals surface area contributed by atoms with Crippen LogP contribution in [0.4, 0.5) is 5.69 Å². The van der Waals surface area contributed by atoms with Gasteiger partial charge in [-0.1, -0.05) is 55.5 Å². The summed E-state index contributed by atoms with van der Waals surface area (Å²) >= 11 is 0. The zero-order valence-electron chi connectivity index (χ0n) is 20.1. The van der Waals surface area contributed by atoms with Crippen molar-refractivity contribution in [3.63, 3.8) is 0 Å². The van der Waals surface area contributed by atoms with Gasteiger partial charge in [0, 0.05) is 31.7 Å². The molecule has 1 aliphatic heterocycles. The van der Waals surface area contributed by atoms with E-state index in [2.05, 4.69) is 0 Å². The minimum absolute atomic E-state index is 0.0599. The van der Waals surface area contributed by atoms with Crippen molar-refractivity contribution in [3.05, 3.63) is 90.0 Å². The lowest BCUT2D eigenvalue weighted by Crippen LogP contribution is -2.56. The number of sulfonamides is 1.